The van der Waals surface area contributed by atoms with Crippen LogP contribution in [0.5, 0.6) is 0 Å². The van der Waals surface area contributed by atoms with E-state index in [1.165, 1.54) is 0 Å². The number of hydrogen-bond donors (Lipinski definition) is 2. The number of aromatic nitrogens is 1. The first kappa shape index (κ1) is 14.1. The van der Waals surface area contributed by atoms with Gasteiger partial charge in [0.05, 0.1) is 17.5 Å². The molecule has 0 aliphatic rings. The molecule has 3 N–H and O–H groups in total. The van der Waals surface area contributed by atoms with Crippen LogP contribution in [0.4, 0.5) is 27.8 Å². The monoisotopic (exact) mass is 270 g/mol. The highest BCUT2D eigenvalue weighted by atomic mass is 19.4. The van der Waals surface area contributed by atoms with Crippen molar-refractivity contribution in [2.75, 3.05) is 5.73 Å². The average Bonchev–Trinajstić information content (AvgIpc) is 2.13. The van der Waals surface area contributed by atoms with E-state index in [2.05, 4.69) is 4.98 Å². The molecule has 4 nitrogen and oxygen atoms in total. The van der Waals surface area contributed by atoms with Crippen LogP contribution in [0.15, 0.2) is 6.20 Å². The molecule has 0 atom stereocenters. The molecule has 9 heteroatoms. The van der Waals surface area contributed by atoms with Crippen molar-refractivity contribution in [3.8, 4) is 0 Å². The van der Waals surface area contributed by atoms with Gasteiger partial charge in [-0.15, -0.1) is 0 Å². The molecule has 0 aliphatic heterocycles. The molecule has 0 unspecified atom stereocenters. The molecule has 0 bridgehead atoms. The van der Waals surface area contributed by atoms with Gasteiger partial charge in [-0.3, -0.25) is 4.79 Å². The molecule has 1 heterocycles. The fourth-order valence-corrected chi connectivity index (χ4v) is 1.41. The summed E-state index contributed by atoms with van der Waals surface area (Å²) in [7, 11) is 0. The Morgan fingerprint density at radius 1 is 1.44 bits per heavy atom. The highest BCUT2D eigenvalue weighted by Gasteiger charge is 2.37. The molecule has 1 rings (SSSR count). The van der Waals surface area contributed by atoms with E-state index in [1.54, 1.807) is 0 Å². The standard InChI is InChI=1S/C9H7F5N2O2/c10-7(11)6-3(1-5(17)18)4(9(12,13)14)2-16-8(6)15/h2,7H,1H2,(H2,15,16)(H,17,18). The van der Waals surface area contributed by atoms with Crippen molar-refractivity contribution >= 4 is 11.8 Å². The number of nitrogens with two attached hydrogens (primary N) is 1. The third-order valence-corrected chi connectivity index (χ3v) is 2.11. The second-order valence-electron chi connectivity index (χ2n) is 3.32. The Balaban J connectivity index is 3.54. The van der Waals surface area contributed by atoms with Crippen LogP contribution in [-0.4, -0.2) is 16.1 Å². The van der Waals surface area contributed by atoms with Crippen molar-refractivity contribution in [2.45, 2.75) is 19.0 Å². The number of aliphatic carboxylic acids is 1. The van der Waals surface area contributed by atoms with Gasteiger partial charge in [-0.1, -0.05) is 0 Å². The third kappa shape index (κ3) is 2.84. The zero-order valence-corrected chi connectivity index (χ0v) is 8.63. The molecule has 0 spiro atoms. The molecule has 100 valence electrons. The lowest BCUT2D eigenvalue weighted by Crippen LogP contribution is -2.17. The molecule has 1 aromatic heterocycles. The average molecular weight is 270 g/mol. The fraction of sp³-hybridized carbons (Fsp3) is 0.333. The lowest BCUT2D eigenvalue weighted by molar-refractivity contribution is -0.140. The van der Waals surface area contributed by atoms with Crippen LogP contribution in [0, 0.1) is 0 Å². The first-order valence-electron chi connectivity index (χ1n) is 4.49. The Hall–Kier alpha value is -1.93. The molecule has 0 radical (unpaired) electrons. The van der Waals surface area contributed by atoms with Crippen molar-refractivity contribution in [2.24, 2.45) is 0 Å². The van der Waals surface area contributed by atoms with Gasteiger partial charge in [0.1, 0.15) is 5.82 Å². The van der Waals surface area contributed by atoms with E-state index < -0.39 is 47.5 Å². The summed E-state index contributed by atoms with van der Waals surface area (Å²) in [4.78, 5) is 13.5. The van der Waals surface area contributed by atoms with Gasteiger partial charge >= 0.3 is 12.1 Å². The van der Waals surface area contributed by atoms with Gasteiger partial charge in [-0.2, -0.15) is 13.2 Å². The number of carboxylic acids is 1. The maximum atomic E-state index is 12.6. The van der Waals surface area contributed by atoms with E-state index >= 15 is 0 Å². The van der Waals surface area contributed by atoms with E-state index in [1.807, 2.05) is 0 Å². The van der Waals surface area contributed by atoms with E-state index in [4.69, 9.17) is 10.8 Å². The number of nitrogens with zero attached hydrogens (tertiary/aromatic N) is 1. The Bertz CT molecular complexity index is 473. The van der Waals surface area contributed by atoms with E-state index in [0.29, 0.717) is 0 Å². The van der Waals surface area contributed by atoms with Crippen molar-refractivity contribution in [3.63, 3.8) is 0 Å². The van der Waals surface area contributed by atoms with Gasteiger partial charge in [0, 0.05) is 6.20 Å². The highest BCUT2D eigenvalue weighted by Crippen LogP contribution is 2.37. The summed E-state index contributed by atoms with van der Waals surface area (Å²) >= 11 is 0. The molecule has 0 aliphatic carbocycles. The second-order valence-corrected chi connectivity index (χ2v) is 3.32. The van der Waals surface area contributed by atoms with E-state index in [0.717, 1.165) is 0 Å². The molecule has 1 aromatic rings. The number of rotatable bonds is 3. The van der Waals surface area contributed by atoms with Crippen LogP contribution < -0.4 is 5.73 Å². The summed E-state index contributed by atoms with van der Waals surface area (Å²) in [5.74, 6) is -2.48. The van der Waals surface area contributed by atoms with Crippen LogP contribution in [0.25, 0.3) is 0 Å². The lowest BCUT2D eigenvalue weighted by Gasteiger charge is -2.16. The number of hydrogen-bond acceptors (Lipinski definition) is 3. The van der Waals surface area contributed by atoms with E-state index in [9.17, 15) is 26.7 Å². The topological polar surface area (TPSA) is 76.2 Å². The Kier molecular flexibility index (Phi) is 3.73. The summed E-state index contributed by atoms with van der Waals surface area (Å²) in [5.41, 5.74) is 1.29. The summed E-state index contributed by atoms with van der Waals surface area (Å²) in [6.45, 7) is 0. The summed E-state index contributed by atoms with van der Waals surface area (Å²) in [6, 6.07) is 0. The SMILES string of the molecule is Nc1ncc(C(F)(F)F)c(CC(=O)O)c1C(F)F. The molecule has 0 amide bonds. The Morgan fingerprint density at radius 2 is 2.00 bits per heavy atom. The fourth-order valence-electron chi connectivity index (χ4n) is 1.41. The molecule has 0 saturated carbocycles. The van der Waals surface area contributed by atoms with Gasteiger partial charge in [-0.05, 0) is 5.56 Å². The van der Waals surface area contributed by atoms with Crippen molar-refractivity contribution < 1.29 is 31.9 Å². The van der Waals surface area contributed by atoms with Gasteiger partial charge in [-0.25, -0.2) is 13.8 Å². The predicted octanol–water partition coefficient (Wildman–Crippen LogP) is 2.25. The zero-order chi connectivity index (χ0) is 14.1. The molecule has 0 aromatic carbocycles. The lowest BCUT2D eigenvalue weighted by atomic mass is 10.00. The second kappa shape index (κ2) is 4.75. The Morgan fingerprint density at radius 3 is 2.39 bits per heavy atom. The molecule has 0 fully saturated rings. The van der Waals surface area contributed by atoms with Crippen molar-refractivity contribution in [1.29, 1.82) is 0 Å². The van der Waals surface area contributed by atoms with Crippen LogP contribution in [0.2, 0.25) is 0 Å². The largest absolute Gasteiger partial charge is 0.481 e. The van der Waals surface area contributed by atoms with Gasteiger partial charge < -0.3 is 10.8 Å². The minimum Gasteiger partial charge on any atom is -0.481 e. The number of nitrogen functional groups attached to an aromatic ring is 1. The number of carboxylic acid groups (broad SMARTS) is 1. The first-order valence-corrected chi connectivity index (χ1v) is 4.49. The van der Waals surface area contributed by atoms with Crippen LogP contribution in [-0.2, 0) is 17.4 Å². The minimum absolute atomic E-state index is 0.249. The molecular formula is C9H7F5N2O2. The highest BCUT2D eigenvalue weighted by molar-refractivity contribution is 5.72. The van der Waals surface area contributed by atoms with E-state index in [-0.39, 0.29) is 6.20 Å². The molecule has 18 heavy (non-hydrogen) atoms. The maximum absolute atomic E-state index is 12.6. The molecular weight excluding hydrogens is 263 g/mol. The Labute approximate surface area is 97.2 Å². The van der Waals surface area contributed by atoms with Gasteiger partial charge in [0.2, 0.25) is 0 Å². The van der Waals surface area contributed by atoms with Gasteiger partial charge in [0.25, 0.3) is 6.43 Å². The summed E-state index contributed by atoms with van der Waals surface area (Å²) in [5, 5.41) is 8.48. The van der Waals surface area contributed by atoms with Crippen molar-refractivity contribution in [1.82, 2.24) is 4.98 Å². The maximum Gasteiger partial charge on any atom is 0.418 e. The summed E-state index contributed by atoms with van der Waals surface area (Å²) < 4.78 is 62.9. The number of anilines is 1. The minimum atomic E-state index is -4.98. The quantitative estimate of drug-likeness (QED) is 0.826. The first-order chi connectivity index (χ1) is 8.14. The third-order valence-electron chi connectivity index (χ3n) is 2.11. The predicted molar refractivity (Wildman–Crippen MR) is 49.9 cm³/mol. The van der Waals surface area contributed by atoms with Crippen LogP contribution in [0.3, 0.4) is 0 Å². The molecule has 0 saturated heterocycles. The number of alkyl halides is 5. The van der Waals surface area contributed by atoms with Crippen molar-refractivity contribution in [3.05, 3.63) is 22.9 Å². The number of carbonyl (C=O) groups is 1. The number of pyridine rings is 1. The van der Waals surface area contributed by atoms with Crippen LogP contribution in [0.1, 0.15) is 23.1 Å². The smallest absolute Gasteiger partial charge is 0.418 e. The zero-order valence-electron chi connectivity index (χ0n) is 8.63. The number of halogens is 5. The van der Waals surface area contributed by atoms with Gasteiger partial charge in [0.15, 0.2) is 0 Å². The summed E-state index contributed by atoms with van der Waals surface area (Å²) in [6.07, 6.45) is -9.27. The normalized spacial score (nSPS) is 11.9. The van der Waals surface area contributed by atoms with Crippen LogP contribution >= 0.6 is 0 Å².